The number of methoxy groups -OCH3 is 1. The van der Waals surface area contributed by atoms with Crippen LogP contribution in [0.3, 0.4) is 0 Å². The molecule has 0 spiro atoms. The van der Waals surface area contributed by atoms with Crippen LogP contribution in [0.4, 0.5) is 0 Å². The number of ether oxygens (including phenoxy) is 1. The standard InChI is InChI=1S/C18H25N3O4/c1-20(2)16(22)8-9-19-18(24)14-10-17(23)21(12-14)11-13-4-6-15(25-3)7-5-13/h4-7,14H,8-12H2,1-3H3,(H,19,24). The Hall–Kier alpha value is -2.57. The molecule has 0 saturated carbocycles. The topological polar surface area (TPSA) is 79.0 Å². The van der Waals surface area contributed by atoms with Crippen LogP contribution in [0, 0.1) is 5.92 Å². The molecule has 1 heterocycles. The molecule has 1 saturated heterocycles. The molecule has 2 rings (SSSR count). The molecule has 0 aromatic heterocycles. The first-order valence-electron chi connectivity index (χ1n) is 8.29. The molecule has 1 aliphatic heterocycles. The summed E-state index contributed by atoms with van der Waals surface area (Å²) in [4.78, 5) is 39.0. The van der Waals surface area contributed by atoms with Gasteiger partial charge in [-0.1, -0.05) is 12.1 Å². The zero-order valence-corrected chi connectivity index (χ0v) is 14.9. The highest BCUT2D eigenvalue weighted by atomic mass is 16.5. The van der Waals surface area contributed by atoms with E-state index in [1.54, 1.807) is 26.1 Å². The fourth-order valence-corrected chi connectivity index (χ4v) is 2.71. The van der Waals surface area contributed by atoms with Gasteiger partial charge in [-0.25, -0.2) is 0 Å². The molecule has 0 aliphatic carbocycles. The van der Waals surface area contributed by atoms with Crippen molar-refractivity contribution in [2.24, 2.45) is 5.92 Å². The Kier molecular flexibility index (Phi) is 6.38. The summed E-state index contributed by atoms with van der Waals surface area (Å²) in [6.45, 7) is 1.17. The summed E-state index contributed by atoms with van der Waals surface area (Å²) in [6.07, 6.45) is 0.471. The van der Waals surface area contributed by atoms with Crippen LogP contribution >= 0.6 is 0 Å². The Morgan fingerprint density at radius 3 is 2.56 bits per heavy atom. The number of hydrogen-bond acceptors (Lipinski definition) is 4. The normalized spacial score (nSPS) is 16.7. The molecule has 1 fully saturated rings. The lowest BCUT2D eigenvalue weighted by atomic mass is 10.1. The summed E-state index contributed by atoms with van der Waals surface area (Å²) in [5, 5.41) is 2.75. The third-order valence-electron chi connectivity index (χ3n) is 4.25. The Morgan fingerprint density at radius 1 is 1.28 bits per heavy atom. The summed E-state index contributed by atoms with van der Waals surface area (Å²) < 4.78 is 5.12. The predicted molar refractivity (Wildman–Crippen MR) is 92.8 cm³/mol. The van der Waals surface area contributed by atoms with Gasteiger partial charge in [0.2, 0.25) is 17.7 Å². The number of nitrogens with one attached hydrogen (secondary N) is 1. The third-order valence-corrected chi connectivity index (χ3v) is 4.25. The van der Waals surface area contributed by atoms with E-state index in [4.69, 9.17) is 4.74 Å². The van der Waals surface area contributed by atoms with Crippen molar-refractivity contribution in [3.8, 4) is 5.75 Å². The van der Waals surface area contributed by atoms with E-state index >= 15 is 0 Å². The van der Waals surface area contributed by atoms with Crippen LogP contribution in [0.5, 0.6) is 5.75 Å². The number of amides is 3. The second kappa shape index (κ2) is 8.50. The quantitative estimate of drug-likeness (QED) is 0.785. The minimum absolute atomic E-state index is 0.0275. The van der Waals surface area contributed by atoms with Gasteiger partial charge in [0.05, 0.1) is 13.0 Å². The van der Waals surface area contributed by atoms with Gasteiger partial charge >= 0.3 is 0 Å². The van der Waals surface area contributed by atoms with Crippen LogP contribution in [0.1, 0.15) is 18.4 Å². The molecule has 1 N–H and O–H groups in total. The smallest absolute Gasteiger partial charge is 0.225 e. The van der Waals surface area contributed by atoms with Gasteiger partial charge in [0, 0.05) is 46.6 Å². The predicted octanol–water partition coefficient (Wildman–Crippen LogP) is 0.638. The maximum atomic E-state index is 12.2. The summed E-state index contributed by atoms with van der Waals surface area (Å²) in [6, 6.07) is 7.52. The van der Waals surface area contributed by atoms with E-state index in [0.29, 0.717) is 19.6 Å². The minimum Gasteiger partial charge on any atom is -0.497 e. The van der Waals surface area contributed by atoms with Crippen LogP contribution in [-0.2, 0) is 20.9 Å². The summed E-state index contributed by atoms with van der Waals surface area (Å²) in [7, 11) is 4.96. The highest BCUT2D eigenvalue weighted by molar-refractivity contribution is 5.89. The molecule has 1 aromatic carbocycles. The van der Waals surface area contributed by atoms with Gasteiger partial charge in [-0.2, -0.15) is 0 Å². The number of hydrogen-bond donors (Lipinski definition) is 1. The molecule has 0 bridgehead atoms. The monoisotopic (exact) mass is 347 g/mol. The van der Waals surface area contributed by atoms with Gasteiger partial charge in [0.15, 0.2) is 0 Å². The van der Waals surface area contributed by atoms with E-state index in [1.807, 2.05) is 24.3 Å². The molecule has 1 unspecified atom stereocenters. The van der Waals surface area contributed by atoms with Crippen LogP contribution < -0.4 is 10.1 Å². The average Bonchev–Trinajstić information content (AvgIpc) is 2.96. The Balaban J connectivity index is 1.82. The van der Waals surface area contributed by atoms with Crippen molar-refractivity contribution in [1.29, 1.82) is 0 Å². The summed E-state index contributed by atoms with van der Waals surface area (Å²) in [5.41, 5.74) is 0.992. The molecule has 25 heavy (non-hydrogen) atoms. The first-order chi connectivity index (χ1) is 11.9. The fourth-order valence-electron chi connectivity index (χ4n) is 2.71. The van der Waals surface area contributed by atoms with Crippen LogP contribution in [0.2, 0.25) is 0 Å². The molecule has 7 nitrogen and oxygen atoms in total. The van der Waals surface area contributed by atoms with Crippen molar-refractivity contribution in [1.82, 2.24) is 15.1 Å². The van der Waals surface area contributed by atoms with E-state index < -0.39 is 0 Å². The van der Waals surface area contributed by atoms with Gasteiger partial charge in [-0.3, -0.25) is 14.4 Å². The van der Waals surface area contributed by atoms with Crippen molar-refractivity contribution in [3.05, 3.63) is 29.8 Å². The molecule has 0 radical (unpaired) electrons. The van der Waals surface area contributed by atoms with Gasteiger partial charge in [-0.15, -0.1) is 0 Å². The second-order valence-electron chi connectivity index (χ2n) is 6.35. The third kappa shape index (κ3) is 5.20. The zero-order chi connectivity index (χ0) is 18.4. The lowest BCUT2D eigenvalue weighted by Crippen LogP contribution is -2.35. The minimum atomic E-state index is -0.361. The molecule has 1 aromatic rings. The zero-order valence-electron chi connectivity index (χ0n) is 14.9. The fraction of sp³-hybridized carbons (Fsp3) is 0.500. The molecular weight excluding hydrogens is 322 g/mol. The average molecular weight is 347 g/mol. The lowest BCUT2D eigenvalue weighted by molar-refractivity contribution is -0.130. The number of rotatable bonds is 7. The number of likely N-dealkylation sites (tertiary alicyclic amines) is 1. The van der Waals surface area contributed by atoms with Gasteiger partial charge < -0.3 is 19.9 Å². The van der Waals surface area contributed by atoms with E-state index in [1.165, 1.54) is 4.90 Å². The van der Waals surface area contributed by atoms with Gasteiger partial charge in [0.1, 0.15) is 5.75 Å². The molecule has 1 atom stereocenters. The molecular formula is C18H25N3O4. The Labute approximate surface area is 147 Å². The van der Waals surface area contributed by atoms with Crippen LogP contribution in [-0.4, -0.2) is 61.8 Å². The Morgan fingerprint density at radius 2 is 1.96 bits per heavy atom. The number of carbonyl (C=O) groups excluding carboxylic acids is 3. The maximum absolute atomic E-state index is 12.2. The van der Waals surface area contributed by atoms with Gasteiger partial charge in [-0.05, 0) is 17.7 Å². The lowest BCUT2D eigenvalue weighted by Gasteiger charge is -2.17. The Bertz CT molecular complexity index is 628. The maximum Gasteiger partial charge on any atom is 0.225 e. The molecule has 7 heteroatoms. The highest BCUT2D eigenvalue weighted by Gasteiger charge is 2.34. The highest BCUT2D eigenvalue weighted by Crippen LogP contribution is 2.21. The number of carbonyl (C=O) groups is 3. The largest absolute Gasteiger partial charge is 0.497 e. The van der Waals surface area contributed by atoms with Crippen LogP contribution in [0.25, 0.3) is 0 Å². The van der Waals surface area contributed by atoms with Crippen LogP contribution in [0.15, 0.2) is 24.3 Å². The number of benzene rings is 1. The van der Waals surface area contributed by atoms with E-state index in [-0.39, 0.29) is 36.5 Å². The van der Waals surface area contributed by atoms with Crippen molar-refractivity contribution >= 4 is 17.7 Å². The molecule has 136 valence electrons. The van der Waals surface area contributed by atoms with E-state index in [9.17, 15) is 14.4 Å². The first kappa shape index (κ1) is 18.8. The van der Waals surface area contributed by atoms with E-state index in [2.05, 4.69) is 5.32 Å². The van der Waals surface area contributed by atoms with Crippen molar-refractivity contribution < 1.29 is 19.1 Å². The van der Waals surface area contributed by atoms with E-state index in [0.717, 1.165) is 11.3 Å². The van der Waals surface area contributed by atoms with Crippen molar-refractivity contribution in [3.63, 3.8) is 0 Å². The summed E-state index contributed by atoms with van der Waals surface area (Å²) >= 11 is 0. The number of nitrogens with zero attached hydrogens (tertiary/aromatic N) is 2. The van der Waals surface area contributed by atoms with Crippen molar-refractivity contribution in [2.75, 3.05) is 34.3 Å². The summed E-state index contributed by atoms with van der Waals surface area (Å²) in [5.74, 6) is 0.169. The molecule has 3 amide bonds. The first-order valence-corrected chi connectivity index (χ1v) is 8.29. The SMILES string of the molecule is COc1ccc(CN2CC(C(=O)NCCC(=O)N(C)C)CC2=O)cc1. The second-order valence-corrected chi connectivity index (χ2v) is 6.35. The van der Waals surface area contributed by atoms with Gasteiger partial charge in [0.25, 0.3) is 0 Å². The molecule has 1 aliphatic rings. The van der Waals surface area contributed by atoms with Crippen molar-refractivity contribution in [2.45, 2.75) is 19.4 Å².